The standard InChI is InChI=1S/C13H15F3N4O/c14-13(15,16)10-4-8(18-7-19-10)11(21)20-5-9(17)12(6-20)2-1-3-12/h4,7,9H,1-3,5-6,17H2. The molecule has 1 aliphatic carbocycles. The van der Waals surface area contributed by atoms with Crippen LogP contribution in [-0.4, -0.2) is 39.9 Å². The third-order valence-corrected chi connectivity index (χ3v) is 4.52. The van der Waals surface area contributed by atoms with Gasteiger partial charge in [-0.05, 0) is 12.8 Å². The number of nitrogens with zero attached hydrogens (tertiary/aromatic N) is 3. The summed E-state index contributed by atoms with van der Waals surface area (Å²) in [6, 6.07) is 0.582. The summed E-state index contributed by atoms with van der Waals surface area (Å²) in [4.78, 5) is 20.6. The van der Waals surface area contributed by atoms with Crippen LogP contribution in [0.1, 0.15) is 35.4 Å². The molecule has 2 fully saturated rings. The van der Waals surface area contributed by atoms with Crippen LogP contribution in [0.15, 0.2) is 12.4 Å². The summed E-state index contributed by atoms with van der Waals surface area (Å²) in [6.07, 6.45) is -0.799. The van der Waals surface area contributed by atoms with Gasteiger partial charge in [-0.1, -0.05) is 6.42 Å². The van der Waals surface area contributed by atoms with Crippen molar-refractivity contribution in [2.45, 2.75) is 31.5 Å². The molecule has 5 nitrogen and oxygen atoms in total. The summed E-state index contributed by atoms with van der Waals surface area (Å²) < 4.78 is 37.9. The quantitative estimate of drug-likeness (QED) is 0.852. The Balaban J connectivity index is 1.80. The lowest BCUT2D eigenvalue weighted by Gasteiger charge is -2.41. The highest BCUT2D eigenvalue weighted by atomic mass is 19.4. The van der Waals surface area contributed by atoms with Gasteiger partial charge in [-0.25, -0.2) is 9.97 Å². The minimum Gasteiger partial charge on any atom is -0.335 e. The lowest BCUT2D eigenvalue weighted by atomic mass is 9.66. The Labute approximate surface area is 119 Å². The van der Waals surface area contributed by atoms with Crippen LogP contribution in [0.5, 0.6) is 0 Å². The monoisotopic (exact) mass is 300 g/mol. The summed E-state index contributed by atoms with van der Waals surface area (Å²) in [5.41, 5.74) is 4.68. The first-order chi connectivity index (χ1) is 9.82. The molecule has 0 aromatic carbocycles. The average molecular weight is 300 g/mol. The molecule has 2 N–H and O–H groups in total. The van der Waals surface area contributed by atoms with E-state index in [0.717, 1.165) is 25.6 Å². The van der Waals surface area contributed by atoms with E-state index in [9.17, 15) is 18.0 Å². The lowest BCUT2D eigenvalue weighted by Crippen LogP contribution is -2.45. The maximum absolute atomic E-state index is 12.6. The Kier molecular flexibility index (Phi) is 3.16. The topological polar surface area (TPSA) is 72.1 Å². The molecule has 1 saturated carbocycles. The third-order valence-electron chi connectivity index (χ3n) is 4.52. The van der Waals surface area contributed by atoms with Crippen molar-refractivity contribution in [2.24, 2.45) is 11.1 Å². The zero-order valence-electron chi connectivity index (χ0n) is 11.2. The van der Waals surface area contributed by atoms with E-state index in [1.54, 1.807) is 0 Å². The van der Waals surface area contributed by atoms with Gasteiger partial charge in [0.25, 0.3) is 5.91 Å². The molecule has 1 aliphatic heterocycles. The zero-order chi connectivity index (χ0) is 15.3. The smallest absolute Gasteiger partial charge is 0.335 e. The second-order valence-electron chi connectivity index (χ2n) is 5.79. The fourth-order valence-electron chi connectivity index (χ4n) is 3.10. The van der Waals surface area contributed by atoms with E-state index < -0.39 is 17.8 Å². The van der Waals surface area contributed by atoms with E-state index in [4.69, 9.17) is 5.73 Å². The van der Waals surface area contributed by atoms with Crippen LogP contribution in [0.4, 0.5) is 13.2 Å². The number of hydrogen-bond acceptors (Lipinski definition) is 4. The van der Waals surface area contributed by atoms with Gasteiger partial charge in [0.15, 0.2) is 0 Å². The van der Waals surface area contributed by atoms with Crippen molar-refractivity contribution in [3.63, 3.8) is 0 Å². The number of nitrogens with two attached hydrogens (primary N) is 1. The van der Waals surface area contributed by atoms with Crippen molar-refractivity contribution in [1.29, 1.82) is 0 Å². The predicted molar refractivity (Wildman–Crippen MR) is 67.2 cm³/mol. The molecule has 3 rings (SSSR count). The Bertz CT molecular complexity index is 571. The third kappa shape index (κ3) is 2.37. The molecular weight excluding hydrogens is 285 g/mol. The van der Waals surface area contributed by atoms with Gasteiger partial charge in [-0.2, -0.15) is 13.2 Å². The molecule has 1 atom stereocenters. The first kappa shape index (κ1) is 14.2. The lowest BCUT2D eigenvalue weighted by molar-refractivity contribution is -0.141. The second-order valence-corrected chi connectivity index (χ2v) is 5.79. The highest BCUT2D eigenvalue weighted by Crippen LogP contribution is 2.47. The molecule has 0 radical (unpaired) electrons. The number of alkyl halides is 3. The number of aromatic nitrogens is 2. The minimum absolute atomic E-state index is 0.0461. The Morgan fingerprint density at radius 3 is 2.62 bits per heavy atom. The summed E-state index contributed by atoms with van der Waals surface area (Å²) >= 11 is 0. The van der Waals surface area contributed by atoms with Gasteiger partial charge in [0.2, 0.25) is 0 Å². The van der Waals surface area contributed by atoms with E-state index in [-0.39, 0.29) is 17.2 Å². The van der Waals surface area contributed by atoms with Crippen molar-refractivity contribution in [1.82, 2.24) is 14.9 Å². The van der Waals surface area contributed by atoms with Crippen LogP contribution in [-0.2, 0) is 6.18 Å². The van der Waals surface area contributed by atoms with E-state index in [1.807, 2.05) is 0 Å². The molecule has 2 aliphatic rings. The number of rotatable bonds is 1. The fraction of sp³-hybridized carbons (Fsp3) is 0.615. The highest BCUT2D eigenvalue weighted by molar-refractivity contribution is 5.92. The largest absolute Gasteiger partial charge is 0.433 e. The maximum atomic E-state index is 12.6. The summed E-state index contributed by atoms with van der Waals surface area (Å²) in [5.74, 6) is -0.512. The van der Waals surface area contributed by atoms with Crippen LogP contribution in [0.2, 0.25) is 0 Å². The number of carbonyl (C=O) groups excluding carboxylic acids is 1. The van der Waals surface area contributed by atoms with Gasteiger partial charge in [-0.3, -0.25) is 4.79 Å². The summed E-state index contributed by atoms with van der Waals surface area (Å²) in [6.45, 7) is 0.864. The van der Waals surface area contributed by atoms with Gasteiger partial charge >= 0.3 is 6.18 Å². The Morgan fingerprint density at radius 2 is 2.10 bits per heavy atom. The van der Waals surface area contributed by atoms with Crippen molar-refractivity contribution < 1.29 is 18.0 Å². The van der Waals surface area contributed by atoms with Crippen LogP contribution in [0.3, 0.4) is 0 Å². The molecule has 114 valence electrons. The van der Waals surface area contributed by atoms with Crippen LogP contribution >= 0.6 is 0 Å². The number of hydrogen-bond donors (Lipinski definition) is 1. The molecule has 1 aromatic rings. The maximum Gasteiger partial charge on any atom is 0.433 e. The molecule has 2 heterocycles. The van der Waals surface area contributed by atoms with Gasteiger partial charge in [0, 0.05) is 30.6 Å². The van der Waals surface area contributed by atoms with Crippen LogP contribution in [0.25, 0.3) is 0 Å². The normalized spacial score (nSPS) is 24.2. The minimum atomic E-state index is -4.59. The number of carbonyl (C=O) groups is 1. The molecular formula is C13H15F3N4O. The van der Waals surface area contributed by atoms with Gasteiger partial charge in [0.05, 0.1) is 0 Å². The molecule has 1 saturated heterocycles. The average Bonchev–Trinajstić information content (AvgIpc) is 2.75. The van der Waals surface area contributed by atoms with Gasteiger partial charge < -0.3 is 10.6 Å². The SMILES string of the molecule is NC1CN(C(=O)c2cc(C(F)(F)F)ncn2)CC12CCC2. The van der Waals surface area contributed by atoms with Crippen LogP contribution in [0, 0.1) is 5.41 Å². The number of amides is 1. The van der Waals surface area contributed by atoms with Crippen molar-refractivity contribution >= 4 is 5.91 Å². The number of likely N-dealkylation sites (tertiary alicyclic amines) is 1. The predicted octanol–water partition coefficient (Wildman–Crippen LogP) is 1.45. The van der Waals surface area contributed by atoms with E-state index >= 15 is 0 Å². The summed E-state index contributed by atoms with van der Waals surface area (Å²) in [7, 11) is 0. The van der Waals surface area contributed by atoms with Crippen molar-refractivity contribution in [2.75, 3.05) is 13.1 Å². The van der Waals surface area contributed by atoms with Crippen molar-refractivity contribution in [3.05, 3.63) is 23.8 Å². The van der Waals surface area contributed by atoms with E-state index in [2.05, 4.69) is 9.97 Å². The zero-order valence-corrected chi connectivity index (χ0v) is 11.2. The van der Waals surface area contributed by atoms with Gasteiger partial charge in [0.1, 0.15) is 17.7 Å². The van der Waals surface area contributed by atoms with Gasteiger partial charge in [-0.15, -0.1) is 0 Å². The Hall–Kier alpha value is -1.70. The highest BCUT2D eigenvalue weighted by Gasteiger charge is 2.50. The first-order valence-electron chi connectivity index (χ1n) is 6.76. The molecule has 1 unspecified atom stereocenters. The Morgan fingerprint density at radius 1 is 1.38 bits per heavy atom. The van der Waals surface area contributed by atoms with Crippen LogP contribution < -0.4 is 5.73 Å². The second kappa shape index (κ2) is 4.66. The fourth-order valence-corrected chi connectivity index (χ4v) is 3.10. The molecule has 0 bridgehead atoms. The molecule has 1 spiro atoms. The number of halogens is 3. The first-order valence-corrected chi connectivity index (χ1v) is 6.76. The van der Waals surface area contributed by atoms with E-state index in [1.165, 1.54) is 4.90 Å². The molecule has 1 aromatic heterocycles. The summed E-state index contributed by atoms with van der Waals surface area (Å²) in [5, 5.41) is 0. The van der Waals surface area contributed by atoms with E-state index in [0.29, 0.717) is 19.2 Å². The molecule has 21 heavy (non-hydrogen) atoms. The van der Waals surface area contributed by atoms with Crippen molar-refractivity contribution in [3.8, 4) is 0 Å². The molecule has 1 amide bonds. The molecule has 8 heteroatoms.